The highest BCUT2D eigenvalue weighted by molar-refractivity contribution is 7.91. The van der Waals surface area contributed by atoms with Crippen LogP contribution in [-0.4, -0.2) is 80.6 Å². The Morgan fingerprint density at radius 2 is 1.40 bits per heavy atom. The molecular formula is C27H37Cl2F3N4O5S. The first-order chi connectivity index (χ1) is 18.9. The van der Waals surface area contributed by atoms with Crippen LogP contribution in [0.15, 0.2) is 48.5 Å². The number of nitrogens with one attached hydrogen (secondary N) is 1. The number of rotatable bonds is 9. The second kappa shape index (κ2) is 14.8. The van der Waals surface area contributed by atoms with Crippen molar-refractivity contribution < 1.29 is 36.3 Å². The monoisotopic (exact) mass is 656 g/mol. The normalized spacial score (nSPS) is 17.5. The van der Waals surface area contributed by atoms with E-state index in [1.54, 1.807) is 29.7 Å². The number of amides is 1. The van der Waals surface area contributed by atoms with Crippen molar-refractivity contribution in [3.63, 3.8) is 0 Å². The minimum atomic E-state index is -4.21. The second-order valence-electron chi connectivity index (χ2n) is 10.2. The average Bonchev–Trinajstić information content (AvgIpc) is 2.95. The molecule has 0 aliphatic carbocycles. The molecule has 0 aromatic heterocycles. The van der Waals surface area contributed by atoms with E-state index in [0.29, 0.717) is 31.9 Å². The Hall–Kier alpha value is -2.45. The van der Waals surface area contributed by atoms with Gasteiger partial charge in [0.25, 0.3) is 5.91 Å². The topological polar surface area (TPSA) is 102 Å². The minimum Gasteiger partial charge on any atom is -0.494 e. The number of anilines is 2. The van der Waals surface area contributed by atoms with Gasteiger partial charge in [-0.05, 0) is 62.6 Å². The summed E-state index contributed by atoms with van der Waals surface area (Å²) in [5.41, 5.74) is 4.50. The van der Waals surface area contributed by atoms with Crippen molar-refractivity contribution in [3.05, 3.63) is 54.1 Å². The number of nitrogens with zero attached hydrogens (tertiary/aromatic N) is 3. The first kappa shape index (κ1) is 35.7. The maximum Gasteiger partial charge on any atom is 0.389 e. The van der Waals surface area contributed by atoms with Crippen molar-refractivity contribution in [2.45, 2.75) is 43.5 Å². The van der Waals surface area contributed by atoms with E-state index < -0.39 is 33.3 Å². The summed E-state index contributed by atoms with van der Waals surface area (Å²) < 4.78 is 69.5. The lowest BCUT2D eigenvalue weighted by Gasteiger charge is -2.44. The molecule has 0 radical (unpaired) electrons. The van der Waals surface area contributed by atoms with Crippen molar-refractivity contribution in [1.82, 2.24) is 9.79 Å². The van der Waals surface area contributed by atoms with Crippen molar-refractivity contribution in [3.8, 4) is 5.75 Å². The highest BCUT2D eigenvalue weighted by Crippen LogP contribution is 2.36. The minimum absolute atomic E-state index is 0. The highest BCUT2D eigenvalue weighted by Gasteiger charge is 2.55. The number of alkyl halides is 3. The molecule has 2 heterocycles. The molecule has 236 valence electrons. The third-order valence-electron chi connectivity index (χ3n) is 7.63. The fourth-order valence-electron chi connectivity index (χ4n) is 5.24. The van der Waals surface area contributed by atoms with Crippen molar-refractivity contribution >= 4 is 52.1 Å². The van der Waals surface area contributed by atoms with Crippen LogP contribution in [-0.2, 0) is 14.8 Å². The maximum atomic E-state index is 13.9. The molecule has 4 rings (SSSR count). The molecule has 0 bridgehead atoms. The van der Waals surface area contributed by atoms with Gasteiger partial charge in [0, 0.05) is 57.1 Å². The molecule has 9 nitrogen and oxygen atoms in total. The lowest BCUT2D eigenvalue weighted by atomic mass is 9.94. The first-order valence-corrected chi connectivity index (χ1v) is 14.7. The average molecular weight is 658 g/mol. The fourth-order valence-corrected chi connectivity index (χ4v) is 7.35. The standard InChI is InChI=1S/C27H35F3N4O5S.2ClH/c1-21-3-5-22(6-4-21)32-14-12-26(13-15-32,25(35)31-36)40(37,38)34-18-16-33(17-19-34)23-7-9-24(10-8-23)39-20-2-11-27(28,29)30;;/h3-10,36H,2,11-20H2,1H3,(H,31,35);2*1H. The summed E-state index contributed by atoms with van der Waals surface area (Å²) >= 11 is 0. The second-order valence-corrected chi connectivity index (χ2v) is 12.5. The first-order valence-electron chi connectivity index (χ1n) is 13.3. The molecular weight excluding hydrogens is 620 g/mol. The van der Waals surface area contributed by atoms with Gasteiger partial charge in [-0.3, -0.25) is 10.0 Å². The molecule has 0 saturated carbocycles. The van der Waals surface area contributed by atoms with Crippen LogP contribution in [0.4, 0.5) is 24.5 Å². The largest absolute Gasteiger partial charge is 0.494 e. The number of piperidine rings is 1. The van der Waals surface area contributed by atoms with E-state index in [2.05, 4.69) is 0 Å². The molecule has 2 aromatic carbocycles. The summed E-state index contributed by atoms with van der Waals surface area (Å²) in [6, 6.07) is 14.8. The van der Waals surface area contributed by atoms with E-state index in [0.717, 1.165) is 16.9 Å². The lowest BCUT2D eigenvalue weighted by molar-refractivity contribution is -0.136. The van der Waals surface area contributed by atoms with Crippen LogP contribution in [0.1, 0.15) is 31.2 Å². The number of ether oxygens (including phenoxy) is 1. The number of carbonyl (C=O) groups excluding carboxylic acids is 1. The van der Waals surface area contributed by atoms with Gasteiger partial charge in [-0.2, -0.15) is 17.5 Å². The zero-order valence-electron chi connectivity index (χ0n) is 23.2. The van der Waals surface area contributed by atoms with Gasteiger partial charge in [0.05, 0.1) is 6.61 Å². The number of aryl methyl sites for hydroxylation is 1. The SMILES string of the molecule is Cc1ccc(N2CCC(C(=O)NO)(S(=O)(=O)N3CCN(c4ccc(OCCCC(F)(F)F)cc4)CC3)CC2)cc1.Cl.Cl. The number of sulfonamides is 1. The molecule has 0 spiro atoms. The van der Waals surface area contributed by atoms with Crippen molar-refractivity contribution in [2.75, 3.05) is 55.7 Å². The molecule has 2 aliphatic heterocycles. The number of hydroxylamine groups is 1. The molecule has 0 atom stereocenters. The van der Waals surface area contributed by atoms with Crippen LogP contribution < -0.4 is 20.0 Å². The number of hydrogen-bond donors (Lipinski definition) is 2. The zero-order chi connectivity index (χ0) is 29.0. The summed E-state index contributed by atoms with van der Waals surface area (Å²) in [4.78, 5) is 16.9. The third kappa shape index (κ3) is 8.13. The molecule has 2 saturated heterocycles. The summed E-state index contributed by atoms with van der Waals surface area (Å²) in [5, 5.41) is 9.48. The number of hydrogen-bond acceptors (Lipinski definition) is 7. The van der Waals surface area contributed by atoms with Crippen LogP contribution in [0.3, 0.4) is 0 Å². The Bertz CT molecular complexity index is 1250. The summed E-state index contributed by atoms with van der Waals surface area (Å²) in [6.45, 7) is 3.75. The third-order valence-corrected chi connectivity index (χ3v) is 10.3. The van der Waals surface area contributed by atoms with Crippen LogP contribution >= 0.6 is 24.8 Å². The smallest absolute Gasteiger partial charge is 0.389 e. The van der Waals surface area contributed by atoms with E-state index in [-0.39, 0.29) is 63.8 Å². The van der Waals surface area contributed by atoms with Crippen LogP contribution in [0, 0.1) is 6.92 Å². The molecule has 42 heavy (non-hydrogen) atoms. The van der Waals surface area contributed by atoms with Crippen molar-refractivity contribution in [1.29, 1.82) is 0 Å². The predicted molar refractivity (Wildman–Crippen MR) is 160 cm³/mol. The van der Waals surface area contributed by atoms with E-state index >= 15 is 0 Å². The van der Waals surface area contributed by atoms with Crippen LogP contribution in [0.5, 0.6) is 5.75 Å². The van der Waals surface area contributed by atoms with E-state index in [4.69, 9.17) is 4.74 Å². The zero-order valence-corrected chi connectivity index (χ0v) is 25.6. The van der Waals surface area contributed by atoms with Crippen LogP contribution in [0.2, 0.25) is 0 Å². The molecule has 2 aromatic rings. The molecule has 2 fully saturated rings. The number of benzene rings is 2. The van der Waals surface area contributed by atoms with Gasteiger partial charge in [-0.1, -0.05) is 17.7 Å². The van der Waals surface area contributed by atoms with E-state index in [1.165, 1.54) is 4.31 Å². The Kier molecular flexibility index (Phi) is 12.6. The Labute approximate surface area is 256 Å². The summed E-state index contributed by atoms with van der Waals surface area (Å²) in [7, 11) is -4.10. The quantitative estimate of drug-likeness (QED) is 0.232. The lowest BCUT2D eigenvalue weighted by Crippen LogP contribution is -2.63. The Morgan fingerprint density at radius 1 is 0.905 bits per heavy atom. The van der Waals surface area contributed by atoms with E-state index in [1.807, 2.05) is 41.0 Å². The van der Waals surface area contributed by atoms with E-state index in [9.17, 15) is 31.6 Å². The number of halogens is 5. The molecule has 1 amide bonds. The van der Waals surface area contributed by atoms with Gasteiger partial charge >= 0.3 is 6.18 Å². The van der Waals surface area contributed by atoms with Gasteiger partial charge in [-0.15, -0.1) is 24.8 Å². The van der Waals surface area contributed by atoms with Gasteiger partial charge < -0.3 is 14.5 Å². The number of carbonyl (C=O) groups is 1. The Balaban J connectivity index is 0.00000308. The predicted octanol–water partition coefficient (Wildman–Crippen LogP) is 4.56. The van der Waals surface area contributed by atoms with Gasteiger partial charge in [0.1, 0.15) is 5.75 Å². The summed E-state index contributed by atoms with van der Waals surface area (Å²) in [6.07, 6.45) is -5.14. The molecule has 2 N–H and O–H groups in total. The number of piperazine rings is 1. The van der Waals surface area contributed by atoms with Gasteiger partial charge in [-0.25, -0.2) is 13.9 Å². The molecule has 0 unspecified atom stereocenters. The highest BCUT2D eigenvalue weighted by atomic mass is 35.5. The Morgan fingerprint density at radius 3 is 1.90 bits per heavy atom. The summed E-state index contributed by atoms with van der Waals surface area (Å²) in [5.74, 6) is -0.453. The van der Waals surface area contributed by atoms with Gasteiger partial charge in [0.2, 0.25) is 10.0 Å². The maximum absolute atomic E-state index is 13.9. The van der Waals surface area contributed by atoms with Crippen molar-refractivity contribution in [2.24, 2.45) is 0 Å². The van der Waals surface area contributed by atoms with Gasteiger partial charge in [0.15, 0.2) is 4.75 Å². The molecule has 2 aliphatic rings. The van der Waals surface area contributed by atoms with Crippen LogP contribution in [0.25, 0.3) is 0 Å². The fraction of sp³-hybridized carbons (Fsp3) is 0.519. The molecule has 15 heteroatoms.